The summed E-state index contributed by atoms with van der Waals surface area (Å²) in [4.78, 5) is 25.6. The fourth-order valence-electron chi connectivity index (χ4n) is 4.16. The molecule has 9 heteroatoms. The molecule has 0 aromatic heterocycles. The number of nitrogens with one attached hydrogen (secondary N) is 1. The summed E-state index contributed by atoms with van der Waals surface area (Å²) in [6, 6.07) is 19.3. The van der Waals surface area contributed by atoms with E-state index in [0.717, 1.165) is 11.8 Å². The van der Waals surface area contributed by atoms with Crippen LogP contribution in [0.5, 0.6) is 11.5 Å². The molecule has 0 fully saturated rings. The zero-order chi connectivity index (χ0) is 27.5. The first kappa shape index (κ1) is 27.2. The number of carbonyl (C=O) groups is 2. The van der Waals surface area contributed by atoms with E-state index >= 15 is 0 Å². The molecule has 4 rings (SSSR count). The molecule has 1 N–H and O–H groups in total. The number of fused-ring (bicyclic) bond motifs is 1. The minimum Gasteiger partial charge on any atom is -0.454 e. The Morgan fingerprint density at radius 3 is 2.32 bits per heavy atom. The molecule has 1 heterocycles. The van der Waals surface area contributed by atoms with Gasteiger partial charge < -0.3 is 14.8 Å². The van der Waals surface area contributed by atoms with Crippen LogP contribution in [0, 0.1) is 0 Å². The van der Waals surface area contributed by atoms with Crippen molar-refractivity contribution in [2.75, 3.05) is 29.2 Å². The van der Waals surface area contributed by atoms with Gasteiger partial charge in [-0.15, -0.1) is 0 Å². The molecule has 0 saturated heterocycles. The summed E-state index contributed by atoms with van der Waals surface area (Å²) in [5, 5.41) is 2.81. The van der Waals surface area contributed by atoms with Gasteiger partial charge in [-0.05, 0) is 41.7 Å². The van der Waals surface area contributed by atoms with Crippen LogP contribution in [0.3, 0.4) is 0 Å². The van der Waals surface area contributed by atoms with Crippen LogP contribution in [0.4, 0.5) is 11.4 Å². The van der Waals surface area contributed by atoms with Crippen molar-refractivity contribution in [3.05, 3.63) is 83.4 Å². The van der Waals surface area contributed by atoms with Crippen molar-refractivity contribution in [3.8, 4) is 11.5 Å². The average molecular weight is 537 g/mol. The van der Waals surface area contributed by atoms with Crippen LogP contribution < -0.4 is 19.1 Å². The maximum absolute atomic E-state index is 13.0. The quantitative estimate of drug-likeness (QED) is 0.381. The highest BCUT2D eigenvalue weighted by molar-refractivity contribution is 7.92. The lowest BCUT2D eigenvalue weighted by atomic mass is 9.86. The van der Waals surface area contributed by atoms with Crippen molar-refractivity contribution in [2.45, 2.75) is 39.0 Å². The van der Waals surface area contributed by atoms with E-state index in [1.807, 2.05) is 24.3 Å². The molecule has 0 bridgehead atoms. The Bertz CT molecular complexity index is 1440. The molecule has 0 aliphatic carbocycles. The van der Waals surface area contributed by atoms with Gasteiger partial charge in [0.05, 0.1) is 11.9 Å². The highest BCUT2D eigenvalue weighted by Crippen LogP contribution is 2.36. The highest BCUT2D eigenvalue weighted by Gasteiger charge is 2.22. The number of anilines is 2. The van der Waals surface area contributed by atoms with Gasteiger partial charge in [-0.2, -0.15) is 0 Å². The minimum atomic E-state index is -3.58. The normalized spacial score (nSPS) is 12.7. The molecule has 3 aromatic rings. The number of hydrogen-bond donors (Lipinski definition) is 1. The predicted molar refractivity (Wildman–Crippen MR) is 148 cm³/mol. The second kappa shape index (κ2) is 10.9. The van der Waals surface area contributed by atoms with E-state index in [2.05, 4.69) is 26.1 Å². The number of ether oxygens (including phenoxy) is 2. The molecule has 0 spiro atoms. The Morgan fingerprint density at radius 2 is 1.63 bits per heavy atom. The summed E-state index contributed by atoms with van der Waals surface area (Å²) in [7, 11) is -3.58. The molecule has 200 valence electrons. The fourth-order valence-corrected chi connectivity index (χ4v) is 5.12. The number of ketones is 1. The lowest BCUT2D eigenvalue weighted by Crippen LogP contribution is -2.31. The van der Waals surface area contributed by atoms with Crippen molar-refractivity contribution in [1.29, 1.82) is 0 Å². The largest absolute Gasteiger partial charge is 0.454 e. The molecule has 0 radical (unpaired) electrons. The van der Waals surface area contributed by atoms with Crippen LogP contribution in [0.25, 0.3) is 0 Å². The Labute approximate surface area is 223 Å². The topological polar surface area (TPSA) is 102 Å². The molecular formula is C29H32N2O6S. The van der Waals surface area contributed by atoms with Crippen LogP contribution in [0.1, 0.15) is 55.1 Å². The molecule has 8 nitrogen and oxygen atoms in total. The third kappa shape index (κ3) is 6.52. The van der Waals surface area contributed by atoms with E-state index in [-0.39, 0.29) is 36.9 Å². The number of nitrogens with zero attached hydrogens (tertiary/aromatic N) is 1. The van der Waals surface area contributed by atoms with E-state index in [4.69, 9.17) is 9.47 Å². The van der Waals surface area contributed by atoms with Crippen molar-refractivity contribution in [3.63, 3.8) is 0 Å². The van der Waals surface area contributed by atoms with Crippen molar-refractivity contribution < 1.29 is 27.5 Å². The smallest absolute Gasteiger partial charge is 0.232 e. The van der Waals surface area contributed by atoms with Crippen LogP contribution in [-0.4, -0.2) is 39.7 Å². The first-order valence-corrected chi connectivity index (χ1v) is 14.2. The SMILES string of the molecule is CC(C)(C)c1ccc(C(=O)c2cccc(NC(=O)CCCN(c3ccc4c(c3)OCO4)S(C)(=O)=O)c2)cc1. The molecule has 1 aliphatic rings. The van der Waals surface area contributed by atoms with Gasteiger partial charge in [0.25, 0.3) is 0 Å². The summed E-state index contributed by atoms with van der Waals surface area (Å²) in [6.45, 7) is 6.56. The van der Waals surface area contributed by atoms with E-state index in [1.54, 1.807) is 42.5 Å². The van der Waals surface area contributed by atoms with Gasteiger partial charge in [0.2, 0.25) is 22.7 Å². The molecule has 1 aliphatic heterocycles. The molecule has 1 amide bonds. The second-order valence-electron chi connectivity index (χ2n) is 10.3. The molecule has 3 aromatic carbocycles. The van der Waals surface area contributed by atoms with E-state index in [1.165, 1.54) is 4.31 Å². The van der Waals surface area contributed by atoms with Crippen molar-refractivity contribution in [1.82, 2.24) is 0 Å². The van der Waals surface area contributed by atoms with Gasteiger partial charge in [-0.25, -0.2) is 8.42 Å². The third-order valence-electron chi connectivity index (χ3n) is 6.23. The average Bonchev–Trinajstić information content (AvgIpc) is 3.33. The summed E-state index contributed by atoms with van der Waals surface area (Å²) in [5.41, 5.74) is 3.13. The first-order valence-electron chi connectivity index (χ1n) is 12.3. The standard InChI is InChI=1S/C29H32N2O6S/c1-29(2,3)22-12-10-20(11-13-22)28(33)21-7-5-8-23(17-21)30-27(32)9-6-16-31(38(4,34)35)24-14-15-25-26(18-24)37-19-36-25/h5,7-8,10-15,17-18H,6,9,16,19H2,1-4H3,(H,30,32). The van der Waals surface area contributed by atoms with Crippen LogP contribution in [-0.2, 0) is 20.2 Å². The van der Waals surface area contributed by atoms with Crippen molar-refractivity contribution >= 4 is 33.1 Å². The van der Waals surface area contributed by atoms with E-state index in [9.17, 15) is 18.0 Å². The molecule has 0 unspecified atom stereocenters. The number of amides is 1. The lowest BCUT2D eigenvalue weighted by molar-refractivity contribution is -0.116. The first-order chi connectivity index (χ1) is 17.9. The van der Waals surface area contributed by atoms with Crippen LogP contribution >= 0.6 is 0 Å². The number of sulfonamides is 1. The molecule has 0 saturated carbocycles. The second-order valence-corrected chi connectivity index (χ2v) is 12.2. The van der Waals surface area contributed by atoms with Gasteiger partial charge in [-0.1, -0.05) is 57.2 Å². The monoisotopic (exact) mass is 536 g/mol. The molecule has 38 heavy (non-hydrogen) atoms. The Balaban J connectivity index is 1.36. The molecular weight excluding hydrogens is 504 g/mol. The van der Waals surface area contributed by atoms with Gasteiger partial charge in [0.1, 0.15) is 0 Å². The summed E-state index contributed by atoms with van der Waals surface area (Å²) < 4.78 is 36.7. The van der Waals surface area contributed by atoms with E-state index in [0.29, 0.717) is 40.4 Å². The Kier molecular flexibility index (Phi) is 7.78. The van der Waals surface area contributed by atoms with Crippen LogP contribution in [0.15, 0.2) is 66.7 Å². The zero-order valence-corrected chi connectivity index (χ0v) is 22.8. The number of benzene rings is 3. The van der Waals surface area contributed by atoms with Gasteiger partial charge in [0, 0.05) is 35.8 Å². The zero-order valence-electron chi connectivity index (χ0n) is 22.0. The third-order valence-corrected chi connectivity index (χ3v) is 7.43. The van der Waals surface area contributed by atoms with Crippen molar-refractivity contribution in [2.24, 2.45) is 0 Å². The maximum atomic E-state index is 13.0. The lowest BCUT2D eigenvalue weighted by Gasteiger charge is -2.22. The van der Waals surface area contributed by atoms with Gasteiger partial charge >= 0.3 is 0 Å². The number of hydrogen-bond acceptors (Lipinski definition) is 6. The number of rotatable bonds is 9. The molecule has 0 atom stereocenters. The van der Waals surface area contributed by atoms with E-state index < -0.39 is 10.0 Å². The summed E-state index contributed by atoms with van der Waals surface area (Å²) >= 11 is 0. The Morgan fingerprint density at radius 1 is 0.921 bits per heavy atom. The Hall–Kier alpha value is -3.85. The van der Waals surface area contributed by atoms with Gasteiger partial charge in [-0.3, -0.25) is 13.9 Å². The maximum Gasteiger partial charge on any atom is 0.232 e. The minimum absolute atomic E-state index is 0.00535. The highest BCUT2D eigenvalue weighted by atomic mass is 32.2. The summed E-state index contributed by atoms with van der Waals surface area (Å²) in [5.74, 6) is 0.634. The summed E-state index contributed by atoms with van der Waals surface area (Å²) in [6.07, 6.45) is 1.52. The van der Waals surface area contributed by atoms with Gasteiger partial charge in [0.15, 0.2) is 17.3 Å². The fraction of sp³-hybridized carbons (Fsp3) is 0.310. The number of carbonyl (C=O) groups excluding carboxylic acids is 2. The van der Waals surface area contributed by atoms with Crippen LogP contribution in [0.2, 0.25) is 0 Å². The predicted octanol–water partition coefficient (Wildman–Crippen LogP) is 5.13.